The summed E-state index contributed by atoms with van der Waals surface area (Å²) in [5, 5.41) is 63.9. The smallest absolute Gasteiger partial charge is 0.326 e. The number of carbonyl (C=O) groups excluding carboxylic acids is 14. The summed E-state index contributed by atoms with van der Waals surface area (Å²) in [5.74, 6) is -20.8. The molecule has 580 valence electrons. The molecule has 0 radical (unpaired) electrons. The fourth-order valence-corrected chi connectivity index (χ4v) is 10.5. The highest BCUT2D eigenvalue weighted by atomic mass is 16.4. The van der Waals surface area contributed by atoms with Crippen LogP contribution < -0.4 is 99.0 Å². The number of hydrogen-bond donors (Lipinski definition) is 23. The second-order valence-corrected chi connectivity index (χ2v) is 25.2. The van der Waals surface area contributed by atoms with Gasteiger partial charge in [0.2, 0.25) is 82.7 Å². The molecule has 2 heterocycles. The SMILES string of the molecule is CC(C)C[C@H](NC(=O)[C@H](CC(=O)O)NC(=O)[C@H](Cc1ccccc1)NC(=O)[C@@H](N)[C@@H](C)O)C(=O)N[C@@H](CCCN=C(N)N)C(=O)N[C@@H](CC(N)=O)C(=O)N[C@@H](CC(N)=O)C(=O)N[C@H](C(=O)N[C@@H](Cc1cnc[nH]1)C(=O)N[C@@H](CCCN=C(N)N)C(=O)N[C@@H](CC(N)=O)C(=O)N1CCC[C@H]1C(=O)O)[C@@H](C)O. The third-order valence-corrected chi connectivity index (χ3v) is 15.8. The van der Waals surface area contributed by atoms with E-state index in [1.54, 1.807) is 44.2 Å². The van der Waals surface area contributed by atoms with Crippen molar-refractivity contribution in [3.63, 3.8) is 0 Å². The summed E-state index contributed by atoms with van der Waals surface area (Å²) in [6, 6.07) is -13.0. The molecular weight excluding hydrogens is 1390 g/mol. The number of nitrogens with zero attached hydrogens (tertiary/aromatic N) is 4. The highest BCUT2D eigenvalue weighted by Crippen LogP contribution is 2.20. The minimum atomic E-state index is -2.13. The van der Waals surface area contributed by atoms with Crippen molar-refractivity contribution in [3.05, 3.63) is 54.1 Å². The van der Waals surface area contributed by atoms with E-state index in [1.807, 2.05) is 0 Å². The fraction of sp³-hybridized carbons (Fsp3) is 0.565. The number of primary amides is 3. The number of aromatic amines is 1. The molecule has 43 heteroatoms. The van der Waals surface area contributed by atoms with Crippen molar-refractivity contribution < 1.29 is 97.1 Å². The average molecular weight is 1480 g/mol. The number of guanidine groups is 2. The number of aliphatic carboxylic acids is 2. The Morgan fingerprint density at radius 1 is 0.514 bits per heavy atom. The maximum atomic E-state index is 14.4. The molecule has 1 aromatic carbocycles. The van der Waals surface area contributed by atoms with Crippen LogP contribution in [0.4, 0.5) is 0 Å². The third kappa shape index (κ3) is 31.2. The summed E-state index contributed by atoms with van der Waals surface area (Å²) < 4.78 is 0. The third-order valence-electron chi connectivity index (χ3n) is 15.8. The lowest BCUT2D eigenvalue weighted by atomic mass is 10.0. The number of imidazole rings is 1. The number of rotatable bonds is 46. The second kappa shape index (κ2) is 43.4. The van der Waals surface area contributed by atoms with E-state index >= 15 is 0 Å². The highest BCUT2D eigenvalue weighted by molar-refractivity contribution is 6.02. The normalized spacial score (nSPS) is 16.2. The molecule has 1 aliphatic rings. The van der Waals surface area contributed by atoms with Crippen LogP contribution in [-0.4, -0.2) is 246 Å². The van der Waals surface area contributed by atoms with E-state index in [0.29, 0.717) is 5.56 Å². The molecule has 1 aliphatic heterocycles. The van der Waals surface area contributed by atoms with Gasteiger partial charge in [-0.15, -0.1) is 0 Å². The Balaban J connectivity index is 1.97. The molecule has 1 fully saturated rings. The molecule has 1 saturated heterocycles. The van der Waals surface area contributed by atoms with Crippen LogP contribution in [0.15, 0.2) is 52.8 Å². The maximum absolute atomic E-state index is 14.4. The molecule has 0 spiro atoms. The van der Waals surface area contributed by atoms with E-state index in [1.165, 1.54) is 19.4 Å². The largest absolute Gasteiger partial charge is 0.481 e. The van der Waals surface area contributed by atoms with Crippen LogP contribution in [0.5, 0.6) is 0 Å². The van der Waals surface area contributed by atoms with Gasteiger partial charge in [-0.1, -0.05) is 44.2 Å². The van der Waals surface area contributed by atoms with Gasteiger partial charge in [0.1, 0.15) is 72.5 Å². The summed E-state index contributed by atoms with van der Waals surface area (Å²) in [5.41, 5.74) is 44.9. The van der Waals surface area contributed by atoms with Gasteiger partial charge in [0, 0.05) is 44.4 Å². The van der Waals surface area contributed by atoms with Crippen molar-refractivity contribution in [1.29, 1.82) is 0 Å². The van der Waals surface area contributed by atoms with Crippen LogP contribution in [0.25, 0.3) is 0 Å². The second-order valence-electron chi connectivity index (χ2n) is 25.2. The van der Waals surface area contributed by atoms with Crippen LogP contribution >= 0.6 is 0 Å². The Bertz CT molecular complexity index is 3440. The quantitative estimate of drug-likeness (QED) is 0.0166. The molecule has 14 atom stereocenters. The first kappa shape index (κ1) is 87.6. The number of aliphatic hydroxyl groups is 2. The van der Waals surface area contributed by atoms with Crippen molar-refractivity contribution in [2.45, 2.75) is 196 Å². The monoisotopic (exact) mass is 1480 g/mol. The number of carboxylic acid groups (broad SMARTS) is 2. The lowest BCUT2D eigenvalue weighted by molar-refractivity contribution is -0.149. The summed E-state index contributed by atoms with van der Waals surface area (Å²) >= 11 is 0. The van der Waals surface area contributed by atoms with Crippen LogP contribution in [-0.2, 0) is 89.6 Å². The molecule has 2 aromatic rings. The Labute approximate surface area is 601 Å². The molecule has 0 bridgehead atoms. The average Bonchev–Trinajstić information content (AvgIpc) is 1.83. The van der Waals surface area contributed by atoms with Gasteiger partial charge >= 0.3 is 11.9 Å². The predicted octanol–water partition coefficient (Wildman–Crippen LogP) is -10.5. The van der Waals surface area contributed by atoms with Crippen molar-refractivity contribution in [3.8, 4) is 0 Å². The predicted molar refractivity (Wildman–Crippen MR) is 368 cm³/mol. The zero-order valence-electron chi connectivity index (χ0n) is 58.2. The van der Waals surface area contributed by atoms with Gasteiger partial charge in [-0.05, 0) is 70.3 Å². The first-order valence-electron chi connectivity index (χ1n) is 33.2. The Hall–Kier alpha value is -11.6. The number of nitrogens with two attached hydrogens (primary N) is 8. The molecule has 0 aliphatic carbocycles. The first-order chi connectivity index (χ1) is 49.3. The lowest BCUT2D eigenvalue weighted by Crippen LogP contribution is -2.62. The standard InChI is InChI=1S/C62H97N23O20/c1-28(2)19-35(77-55(99)40(25-46(91)92)80-52(96)36(20-31-11-6-5-7-12-31)81-57(101)47(66)29(3)86)51(95)75-33(13-8-16-72-61(67)68)49(93)78-38(22-43(63)88)54(98)79-39(23-44(64)89)56(100)84-48(30(4)87)58(102)82-37(21-32-26-71-27-74-32)53(97)76-34(14-9-17-73-62(69)70)50(94)83-41(24-45(65)90)59(103)85-18-10-15-42(85)60(104)105/h5-7,11-12,26-30,33-42,47-48,86-87H,8-10,13-25,66H2,1-4H3,(H2,63,88)(H2,64,89)(H2,65,90)(H,71,74)(H,75,95)(H,76,97)(H,77,99)(H,78,93)(H,79,98)(H,80,96)(H,81,101)(H,82,102)(H,83,94)(H,84,100)(H,91,92)(H,104,105)(H4,67,68,72)(H4,69,70,73)/t29-,30-,33+,34+,35+,36+,37+,38+,39+,40+,41+,42+,47+,48+/m1/s1. The highest BCUT2D eigenvalue weighted by Gasteiger charge is 2.41. The first-order valence-corrected chi connectivity index (χ1v) is 33.2. The number of aliphatic hydroxyl groups excluding tert-OH is 2. The Morgan fingerprint density at radius 2 is 0.924 bits per heavy atom. The number of aromatic nitrogens is 2. The van der Waals surface area contributed by atoms with Gasteiger partial charge in [0.25, 0.3) is 0 Å². The van der Waals surface area contributed by atoms with E-state index in [-0.39, 0.29) is 88.6 Å². The number of H-pyrrole nitrogens is 1. The summed E-state index contributed by atoms with van der Waals surface area (Å²) in [6.45, 7) is 5.14. The van der Waals surface area contributed by atoms with Crippen LogP contribution in [0.1, 0.15) is 110 Å². The molecular formula is C62H97N23O20. The number of amides is 14. The summed E-state index contributed by atoms with van der Waals surface area (Å²) in [4.78, 5) is 232. The molecule has 43 nitrogen and oxygen atoms in total. The number of hydrogen-bond acceptors (Lipinski definition) is 22. The molecule has 105 heavy (non-hydrogen) atoms. The van der Waals surface area contributed by atoms with Crippen molar-refractivity contribution in [2.75, 3.05) is 19.6 Å². The molecule has 31 N–H and O–H groups in total. The maximum Gasteiger partial charge on any atom is 0.326 e. The van der Waals surface area contributed by atoms with Crippen LogP contribution in [0.3, 0.4) is 0 Å². The van der Waals surface area contributed by atoms with Gasteiger partial charge in [-0.2, -0.15) is 0 Å². The lowest BCUT2D eigenvalue weighted by Gasteiger charge is -2.29. The van der Waals surface area contributed by atoms with Crippen LogP contribution in [0.2, 0.25) is 0 Å². The van der Waals surface area contributed by atoms with Gasteiger partial charge in [-0.3, -0.25) is 81.9 Å². The number of aliphatic imine (C=N–C) groups is 2. The Morgan fingerprint density at radius 3 is 1.36 bits per heavy atom. The van der Waals surface area contributed by atoms with Gasteiger partial charge in [0.05, 0.1) is 44.2 Å². The summed E-state index contributed by atoms with van der Waals surface area (Å²) in [7, 11) is 0. The molecule has 14 amide bonds. The van der Waals surface area contributed by atoms with Gasteiger partial charge in [-0.25, -0.2) is 9.78 Å². The zero-order chi connectivity index (χ0) is 78.9. The van der Waals surface area contributed by atoms with E-state index in [9.17, 15) is 97.1 Å². The zero-order valence-corrected chi connectivity index (χ0v) is 58.2. The molecule has 0 saturated carbocycles. The van der Waals surface area contributed by atoms with E-state index in [4.69, 9.17) is 45.9 Å². The minimum Gasteiger partial charge on any atom is -0.481 e. The number of carbonyl (C=O) groups is 16. The van der Waals surface area contributed by atoms with E-state index in [0.717, 1.165) is 11.8 Å². The van der Waals surface area contributed by atoms with E-state index in [2.05, 4.69) is 73.1 Å². The number of benzene rings is 1. The Kier molecular flexibility index (Phi) is 36.2. The molecule has 3 rings (SSSR count). The topological polar surface area (TPSA) is 739 Å². The van der Waals surface area contributed by atoms with E-state index < -0.39 is 217 Å². The number of likely N-dealkylation sites (tertiary alicyclic amines) is 1. The molecule has 1 aromatic heterocycles. The molecule has 0 unspecified atom stereocenters. The van der Waals surface area contributed by atoms with Gasteiger partial charge < -0.3 is 129 Å². The summed E-state index contributed by atoms with van der Waals surface area (Å²) in [6.07, 6.45) is -6.20. The fourth-order valence-electron chi connectivity index (χ4n) is 10.5. The van der Waals surface area contributed by atoms with Gasteiger partial charge in [0.15, 0.2) is 11.9 Å². The van der Waals surface area contributed by atoms with Crippen molar-refractivity contribution >= 4 is 107 Å². The van der Waals surface area contributed by atoms with Crippen molar-refractivity contribution in [1.82, 2.24) is 68.0 Å². The number of carboxylic acids is 2. The number of nitrogens with one attached hydrogen (secondary N) is 11. The van der Waals surface area contributed by atoms with Crippen molar-refractivity contribution in [2.24, 2.45) is 61.8 Å². The van der Waals surface area contributed by atoms with Crippen LogP contribution in [0, 0.1) is 5.92 Å². The minimum absolute atomic E-state index is 0.0347.